The molecule has 0 spiro atoms. The number of hydrogen-bond acceptors (Lipinski definition) is 3. The molecule has 6 heteroatoms. The SMILES string of the molecule is CCC(C)C(N)C(=O)Nc1ccc(Br)cc1C(=O)O. The fourth-order valence-electron chi connectivity index (χ4n) is 1.53. The zero-order chi connectivity index (χ0) is 14.6. The average Bonchev–Trinajstić information content (AvgIpc) is 2.38. The lowest BCUT2D eigenvalue weighted by atomic mass is 9.99. The van der Waals surface area contributed by atoms with Crippen LogP contribution in [-0.2, 0) is 4.79 Å². The highest BCUT2D eigenvalue weighted by Crippen LogP contribution is 2.21. The molecule has 19 heavy (non-hydrogen) atoms. The molecule has 0 aliphatic rings. The summed E-state index contributed by atoms with van der Waals surface area (Å²) in [6.07, 6.45) is 0.778. The van der Waals surface area contributed by atoms with E-state index in [0.717, 1.165) is 6.42 Å². The fourth-order valence-corrected chi connectivity index (χ4v) is 1.89. The van der Waals surface area contributed by atoms with Crippen molar-refractivity contribution in [1.29, 1.82) is 0 Å². The van der Waals surface area contributed by atoms with Crippen LogP contribution in [-0.4, -0.2) is 23.0 Å². The summed E-state index contributed by atoms with van der Waals surface area (Å²) in [6, 6.07) is 3.98. The highest BCUT2D eigenvalue weighted by atomic mass is 79.9. The van der Waals surface area contributed by atoms with Crippen molar-refractivity contribution in [3.8, 4) is 0 Å². The third-order valence-corrected chi connectivity index (χ3v) is 3.52. The number of aromatic carboxylic acids is 1. The summed E-state index contributed by atoms with van der Waals surface area (Å²) in [6.45, 7) is 3.82. The number of benzene rings is 1. The summed E-state index contributed by atoms with van der Waals surface area (Å²) in [5.41, 5.74) is 6.08. The van der Waals surface area contributed by atoms with Gasteiger partial charge in [-0.3, -0.25) is 4.79 Å². The molecule has 4 N–H and O–H groups in total. The Kier molecular flexibility index (Phi) is 5.50. The molecule has 0 bridgehead atoms. The molecule has 5 nitrogen and oxygen atoms in total. The van der Waals surface area contributed by atoms with Crippen molar-refractivity contribution < 1.29 is 14.7 Å². The van der Waals surface area contributed by atoms with Gasteiger partial charge in [-0.15, -0.1) is 0 Å². The molecular weight excluding hydrogens is 312 g/mol. The molecule has 2 atom stereocenters. The zero-order valence-electron chi connectivity index (χ0n) is 10.8. The average molecular weight is 329 g/mol. The van der Waals surface area contributed by atoms with Crippen LogP contribution in [0, 0.1) is 5.92 Å². The van der Waals surface area contributed by atoms with E-state index in [4.69, 9.17) is 10.8 Å². The molecule has 0 radical (unpaired) electrons. The van der Waals surface area contributed by atoms with E-state index in [2.05, 4.69) is 21.2 Å². The van der Waals surface area contributed by atoms with Crippen molar-refractivity contribution >= 4 is 33.5 Å². The summed E-state index contributed by atoms with van der Waals surface area (Å²) in [4.78, 5) is 23.0. The van der Waals surface area contributed by atoms with Crippen LogP contribution in [0.2, 0.25) is 0 Å². The monoisotopic (exact) mass is 328 g/mol. The molecule has 1 aromatic rings. The van der Waals surface area contributed by atoms with Crippen molar-refractivity contribution in [2.24, 2.45) is 11.7 Å². The maximum Gasteiger partial charge on any atom is 0.337 e. The maximum absolute atomic E-state index is 11.9. The van der Waals surface area contributed by atoms with E-state index >= 15 is 0 Å². The number of carboxylic acid groups (broad SMARTS) is 1. The number of amides is 1. The Hall–Kier alpha value is -1.40. The smallest absolute Gasteiger partial charge is 0.337 e. The van der Waals surface area contributed by atoms with Crippen LogP contribution in [0.25, 0.3) is 0 Å². The van der Waals surface area contributed by atoms with Gasteiger partial charge in [-0.05, 0) is 24.1 Å². The van der Waals surface area contributed by atoms with Crippen molar-refractivity contribution in [3.05, 3.63) is 28.2 Å². The summed E-state index contributed by atoms with van der Waals surface area (Å²) in [7, 11) is 0. The lowest BCUT2D eigenvalue weighted by Gasteiger charge is -2.18. The summed E-state index contributed by atoms with van der Waals surface area (Å²) in [5.74, 6) is -1.45. The van der Waals surface area contributed by atoms with Crippen LogP contribution < -0.4 is 11.1 Å². The number of hydrogen-bond donors (Lipinski definition) is 3. The van der Waals surface area contributed by atoms with E-state index < -0.39 is 12.0 Å². The Morgan fingerprint density at radius 2 is 2.11 bits per heavy atom. The zero-order valence-corrected chi connectivity index (χ0v) is 12.4. The third kappa shape index (κ3) is 4.04. The van der Waals surface area contributed by atoms with Crippen molar-refractivity contribution in [2.75, 3.05) is 5.32 Å². The van der Waals surface area contributed by atoms with Crippen LogP contribution in [0.4, 0.5) is 5.69 Å². The van der Waals surface area contributed by atoms with Crippen LogP contribution in [0.3, 0.4) is 0 Å². The first-order valence-electron chi connectivity index (χ1n) is 5.96. The lowest BCUT2D eigenvalue weighted by molar-refractivity contribution is -0.118. The number of nitrogens with two attached hydrogens (primary N) is 1. The standard InChI is InChI=1S/C13H17BrN2O3/c1-3-7(2)11(15)12(17)16-10-5-4-8(14)6-9(10)13(18)19/h4-7,11H,3,15H2,1-2H3,(H,16,17)(H,18,19). The van der Waals surface area contributed by atoms with Gasteiger partial charge < -0.3 is 16.2 Å². The molecular formula is C13H17BrN2O3. The van der Waals surface area contributed by atoms with Gasteiger partial charge in [0, 0.05) is 4.47 Å². The molecule has 0 aromatic heterocycles. The van der Waals surface area contributed by atoms with Gasteiger partial charge in [0.05, 0.1) is 17.3 Å². The molecule has 0 saturated heterocycles. The van der Waals surface area contributed by atoms with Gasteiger partial charge in [0.15, 0.2) is 0 Å². The molecule has 1 amide bonds. The van der Waals surface area contributed by atoms with E-state index in [1.54, 1.807) is 6.07 Å². The highest BCUT2D eigenvalue weighted by Gasteiger charge is 2.21. The van der Waals surface area contributed by atoms with Gasteiger partial charge in [-0.1, -0.05) is 36.2 Å². The Labute approximate surface area is 120 Å². The van der Waals surface area contributed by atoms with E-state index in [-0.39, 0.29) is 23.1 Å². The first-order chi connectivity index (χ1) is 8.86. The molecule has 0 fully saturated rings. The van der Waals surface area contributed by atoms with Gasteiger partial charge in [-0.2, -0.15) is 0 Å². The van der Waals surface area contributed by atoms with E-state index in [1.807, 2.05) is 13.8 Å². The fraction of sp³-hybridized carbons (Fsp3) is 0.385. The van der Waals surface area contributed by atoms with Gasteiger partial charge in [-0.25, -0.2) is 4.79 Å². The maximum atomic E-state index is 11.9. The molecule has 0 aliphatic heterocycles. The molecule has 1 aromatic carbocycles. The normalized spacial score (nSPS) is 13.7. The van der Waals surface area contributed by atoms with Gasteiger partial charge in [0.1, 0.15) is 0 Å². The minimum Gasteiger partial charge on any atom is -0.478 e. The predicted octanol–water partition coefficient (Wildman–Crippen LogP) is 2.46. The Morgan fingerprint density at radius 1 is 1.47 bits per heavy atom. The second-order valence-corrected chi connectivity index (χ2v) is 5.31. The first kappa shape index (κ1) is 15.7. The Bertz CT molecular complexity index is 491. The minimum absolute atomic E-state index is 0.0269. The van der Waals surface area contributed by atoms with E-state index in [0.29, 0.717) is 4.47 Å². The molecule has 0 saturated carbocycles. The molecule has 1 rings (SSSR count). The van der Waals surface area contributed by atoms with Gasteiger partial charge >= 0.3 is 5.97 Å². The van der Waals surface area contributed by atoms with Crippen LogP contribution in [0.15, 0.2) is 22.7 Å². The first-order valence-corrected chi connectivity index (χ1v) is 6.75. The second kappa shape index (κ2) is 6.68. The van der Waals surface area contributed by atoms with E-state index in [1.165, 1.54) is 12.1 Å². The minimum atomic E-state index is -1.10. The number of carboxylic acids is 1. The number of anilines is 1. The summed E-state index contributed by atoms with van der Waals surface area (Å²) in [5, 5.41) is 11.7. The largest absolute Gasteiger partial charge is 0.478 e. The molecule has 0 aliphatic carbocycles. The van der Waals surface area contributed by atoms with E-state index in [9.17, 15) is 9.59 Å². The number of carbonyl (C=O) groups excluding carboxylic acids is 1. The van der Waals surface area contributed by atoms with Gasteiger partial charge in [0.2, 0.25) is 5.91 Å². The van der Waals surface area contributed by atoms with Gasteiger partial charge in [0.25, 0.3) is 0 Å². The van der Waals surface area contributed by atoms with Crippen molar-refractivity contribution in [3.63, 3.8) is 0 Å². The molecule has 0 heterocycles. The molecule has 2 unspecified atom stereocenters. The predicted molar refractivity (Wildman–Crippen MR) is 77.2 cm³/mol. The Balaban J connectivity index is 2.94. The van der Waals surface area contributed by atoms with Crippen molar-refractivity contribution in [1.82, 2.24) is 0 Å². The quantitative estimate of drug-likeness (QED) is 0.774. The lowest BCUT2D eigenvalue weighted by Crippen LogP contribution is -2.40. The molecule has 104 valence electrons. The van der Waals surface area contributed by atoms with Crippen LogP contribution >= 0.6 is 15.9 Å². The summed E-state index contributed by atoms with van der Waals surface area (Å²) < 4.78 is 0.633. The highest BCUT2D eigenvalue weighted by molar-refractivity contribution is 9.10. The number of nitrogens with one attached hydrogen (secondary N) is 1. The van der Waals surface area contributed by atoms with Crippen molar-refractivity contribution in [2.45, 2.75) is 26.3 Å². The third-order valence-electron chi connectivity index (χ3n) is 3.03. The Morgan fingerprint density at radius 3 is 2.63 bits per heavy atom. The topological polar surface area (TPSA) is 92.4 Å². The number of rotatable bonds is 5. The second-order valence-electron chi connectivity index (χ2n) is 4.40. The number of halogens is 1. The van der Waals surface area contributed by atoms with Crippen LogP contribution in [0.5, 0.6) is 0 Å². The number of carbonyl (C=O) groups is 2. The van der Waals surface area contributed by atoms with Crippen LogP contribution in [0.1, 0.15) is 30.6 Å². The summed E-state index contributed by atoms with van der Waals surface area (Å²) >= 11 is 3.19.